The number of sulfonamides is 1. The number of carbonyl (C=O) groups is 1. The summed E-state index contributed by atoms with van der Waals surface area (Å²) in [6.45, 7) is 4.43. The zero-order chi connectivity index (χ0) is 16.2. The van der Waals surface area contributed by atoms with Gasteiger partial charge in [0.05, 0.1) is 27.1 Å². The minimum Gasteiger partial charge on any atom is -0.377 e. The molecule has 6 nitrogen and oxygen atoms in total. The van der Waals surface area contributed by atoms with Gasteiger partial charge in [-0.15, -0.1) is 0 Å². The fourth-order valence-electron chi connectivity index (χ4n) is 1.46. The number of hydrogen-bond donors (Lipinski definition) is 2. The molecule has 1 amide bonds. The van der Waals surface area contributed by atoms with Gasteiger partial charge in [0.2, 0.25) is 10.0 Å². The molecule has 0 bridgehead atoms. The van der Waals surface area contributed by atoms with Gasteiger partial charge in [-0.05, 0) is 41.9 Å². The molecule has 0 atom stereocenters. The Morgan fingerprint density at radius 1 is 1.48 bits per heavy atom. The van der Waals surface area contributed by atoms with E-state index < -0.39 is 15.9 Å². The summed E-state index contributed by atoms with van der Waals surface area (Å²) in [6.07, 6.45) is 0.0676. The normalized spacial score (nSPS) is 11.7. The average Bonchev–Trinajstić information content (AvgIpc) is 2.35. The fourth-order valence-corrected chi connectivity index (χ4v) is 3.30. The Bertz CT molecular complexity index is 634. The number of hydrogen-bond acceptors (Lipinski definition) is 4. The van der Waals surface area contributed by atoms with Crippen LogP contribution in [0.1, 0.15) is 24.2 Å². The highest BCUT2D eigenvalue weighted by molar-refractivity contribution is 9.10. The molecule has 0 aromatic heterocycles. The summed E-state index contributed by atoms with van der Waals surface area (Å²) in [5.74, 6) is -0.457. The molecule has 1 rings (SSSR count). The third-order valence-corrected chi connectivity index (χ3v) is 4.98. The van der Waals surface area contributed by atoms with Crippen LogP contribution in [0.3, 0.4) is 0 Å². The van der Waals surface area contributed by atoms with Crippen molar-refractivity contribution in [3.05, 3.63) is 27.2 Å². The van der Waals surface area contributed by atoms with E-state index in [1.165, 1.54) is 12.1 Å². The quantitative estimate of drug-likeness (QED) is 0.714. The zero-order valence-electron chi connectivity index (χ0n) is 11.5. The van der Waals surface area contributed by atoms with E-state index in [-0.39, 0.29) is 26.1 Å². The molecule has 9 heteroatoms. The lowest BCUT2D eigenvalue weighted by atomic mass is 10.2. The molecule has 0 aliphatic carbocycles. The van der Waals surface area contributed by atoms with Crippen LogP contribution in [0.25, 0.3) is 0 Å². The number of rotatable bonds is 6. The largest absolute Gasteiger partial charge is 0.377 e. The van der Waals surface area contributed by atoms with Crippen LogP contribution in [0.15, 0.2) is 21.5 Å². The molecule has 0 heterocycles. The molecule has 0 saturated heterocycles. The van der Waals surface area contributed by atoms with E-state index in [9.17, 15) is 13.2 Å². The number of benzene rings is 1. The molecule has 0 aliphatic heterocycles. The molecule has 21 heavy (non-hydrogen) atoms. The summed E-state index contributed by atoms with van der Waals surface area (Å²) in [6, 6.07) is 2.53. The van der Waals surface area contributed by atoms with Crippen molar-refractivity contribution in [3.63, 3.8) is 0 Å². The van der Waals surface area contributed by atoms with Crippen LogP contribution in [0.4, 0.5) is 0 Å². The second-order valence-corrected chi connectivity index (χ2v) is 7.22. The summed E-state index contributed by atoms with van der Waals surface area (Å²) in [5, 5.41) is 7.78. The van der Waals surface area contributed by atoms with Gasteiger partial charge in [0.15, 0.2) is 0 Å². The number of amides is 1. The highest BCUT2D eigenvalue weighted by atomic mass is 79.9. The SMILES string of the molecule is CC(C)OCCNC(=O)c1cc(Cl)c(Br)c(S(N)(=O)=O)c1. The number of carbonyl (C=O) groups excluding carboxylic acids is 1. The van der Waals surface area contributed by atoms with Crippen LogP contribution in [-0.2, 0) is 14.8 Å². The van der Waals surface area contributed by atoms with E-state index in [1.54, 1.807) is 0 Å². The Morgan fingerprint density at radius 2 is 2.10 bits per heavy atom. The minimum absolute atomic E-state index is 0.0676. The lowest BCUT2D eigenvalue weighted by Crippen LogP contribution is -2.28. The van der Waals surface area contributed by atoms with E-state index in [1.807, 2.05) is 13.8 Å². The molecule has 3 N–H and O–H groups in total. The van der Waals surface area contributed by atoms with E-state index in [0.29, 0.717) is 13.2 Å². The van der Waals surface area contributed by atoms with Gasteiger partial charge >= 0.3 is 0 Å². The van der Waals surface area contributed by atoms with Crippen molar-refractivity contribution in [3.8, 4) is 0 Å². The Kier molecular flexibility index (Phi) is 6.61. The van der Waals surface area contributed by atoms with Gasteiger partial charge < -0.3 is 10.1 Å². The topological polar surface area (TPSA) is 98.5 Å². The highest BCUT2D eigenvalue weighted by Gasteiger charge is 2.19. The van der Waals surface area contributed by atoms with Gasteiger partial charge in [0, 0.05) is 12.1 Å². The van der Waals surface area contributed by atoms with Crippen LogP contribution >= 0.6 is 27.5 Å². The van der Waals surface area contributed by atoms with Crippen molar-refractivity contribution >= 4 is 43.5 Å². The second-order valence-electron chi connectivity index (χ2n) is 4.49. The molecule has 118 valence electrons. The van der Waals surface area contributed by atoms with Gasteiger partial charge in [-0.2, -0.15) is 0 Å². The molecular formula is C12H16BrClN2O4S. The Labute approximate surface area is 137 Å². The molecule has 0 fully saturated rings. The Balaban J connectivity index is 2.89. The van der Waals surface area contributed by atoms with Gasteiger partial charge in [0.25, 0.3) is 5.91 Å². The average molecular weight is 400 g/mol. The van der Waals surface area contributed by atoms with Crippen LogP contribution in [0, 0.1) is 0 Å². The third kappa shape index (κ3) is 5.55. The zero-order valence-corrected chi connectivity index (χ0v) is 14.7. The van der Waals surface area contributed by atoms with Crippen molar-refractivity contribution in [2.24, 2.45) is 5.14 Å². The maximum absolute atomic E-state index is 12.0. The van der Waals surface area contributed by atoms with Crippen LogP contribution < -0.4 is 10.5 Å². The maximum atomic E-state index is 12.0. The van der Waals surface area contributed by atoms with Gasteiger partial charge in [-0.3, -0.25) is 4.79 Å². The van der Waals surface area contributed by atoms with Crippen molar-refractivity contribution in [2.75, 3.05) is 13.2 Å². The van der Waals surface area contributed by atoms with Crippen molar-refractivity contribution in [1.82, 2.24) is 5.32 Å². The molecule has 0 radical (unpaired) electrons. The van der Waals surface area contributed by atoms with Crippen molar-refractivity contribution in [2.45, 2.75) is 24.8 Å². The lowest BCUT2D eigenvalue weighted by molar-refractivity contribution is 0.0746. The number of ether oxygens (including phenoxy) is 1. The molecule has 1 aromatic rings. The summed E-state index contributed by atoms with van der Waals surface area (Å²) < 4.78 is 28.3. The fraction of sp³-hybridized carbons (Fsp3) is 0.417. The van der Waals surface area contributed by atoms with Crippen LogP contribution in [0.5, 0.6) is 0 Å². The number of nitrogens with one attached hydrogen (secondary N) is 1. The standard InChI is InChI=1S/C12H16BrClN2O4S/c1-7(2)20-4-3-16-12(17)8-5-9(14)11(13)10(6-8)21(15,18)19/h5-7H,3-4H2,1-2H3,(H,16,17)(H2,15,18,19). The second kappa shape index (κ2) is 7.55. The van der Waals surface area contributed by atoms with E-state index >= 15 is 0 Å². The van der Waals surface area contributed by atoms with Gasteiger partial charge in [-0.1, -0.05) is 11.6 Å². The first kappa shape index (κ1) is 18.4. The molecule has 1 aromatic carbocycles. The minimum atomic E-state index is -3.98. The maximum Gasteiger partial charge on any atom is 0.251 e. The summed E-state index contributed by atoms with van der Waals surface area (Å²) in [7, 11) is -3.98. The van der Waals surface area contributed by atoms with Crippen molar-refractivity contribution < 1.29 is 17.9 Å². The van der Waals surface area contributed by atoms with Crippen LogP contribution in [0.2, 0.25) is 5.02 Å². The number of nitrogens with two attached hydrogens (primary N) is 1. The van der Waals surface area contributed by atoms with Gasteiger partial charge in [-0.25, -0.2) is 13.6 Å². The Hall–Kier alpha value is -0.670. The number of primary sulfonamides is 1. The first-order chi connectivity index (χ1) is 9.62. The predicted octanol–water partition coefficient (Wildman–Crippen LogP) is 1.90. The predicted molar refractivity (Wildman–Crippen MR) is 83.9 cm³/mol. The monoisotopic (exact) mass is 398 g/mol. The van der Waals surface area contributed by atoms with Crippen LogP contribution in [-0.4, -0.2) is 33.6 Å². The first-order valence-electron chi connectivity index (χ1n) is 6.04. The summed E-state index contributed by atoms with van der Waals surface area (Å²) in [5.41, 5.74) is 0.108. The summed E-state index contributed by atoms with van der Waals surface area (Å²) in [4.78, 5) is 11.7. The van der Waals surface area contributed by atoms with E-state index in [4.69, 9.17) is 21.5 Å². The molecule has 0 aliphatic rings. The molecule has 0 saturated carbocycles. The molecule has 0 spiro atoms. The van der Waals surface area contributed by atoms with Gasteiger partial charge in [0.1, 0.15) is 0 Å². The van der Waals surface area contributed by atoms with E-state index in [2.05, 4.69) is 21.2 Å². The molecule has 0 unspecified atom stereocenters. The number of halogens is 2. The van der Waals surface area contributed by atoms with E-state index in [0.717, 1.165) is 0 Å². The molecular weight excluding hydrogens is 384 g/mol. The van der Waals surface area contributed by atoms with Crippen molar-refractivity contribution in [1.29, 1.82) is 0 Å². The lowest BCUT2D eigenvalue weighted by Gasteiger charge is -2.10. The Morgan fingerprint density at radius 3 is 2.62 bits per heavy atom. The third-order valence-electron chi connectivity index (χ3n) is 2.40. The summed E-state index contributed by atoms with van der Waals surface area (Å²) >= 11 is 8.94. The highest BCUT2D eigenvalue weighted by Crippen LogP contribution is 2.30. The first-order valence-corrected chi connectivity index (χ1v) is 8.76. The smallest absolute Gasteiger partial charge is 0.251 e.